The SMILES string of the molecule is COc1ccc(CC(=O)c2cn(-c3ccccc3)c3ccc(/C=C/C(=O)O)cc23)cc1OC. The summed E-state index contributed by atoms with van der Waals surface area (Å²) in [6.45, 7) is 0. The molecule has 4 rings (SSSR count). The number of carboxylic acids is 1. The van der Waals surface area contributed by atoms with E-state index in [4.69, 9.17) is 14.6 Å². The predicted octanol–water partition coefficient (Wildman–Crippen LogP) is 5.17. The van der Waals surface area contributed by atoms with Crippen molar-refractivity contribution >= 4 is 28.7 Å². The zero-order valence-electron chi connectivity index (χ0n) is 18.3. The fourth-order valence-corrected chi connectivity index (χ4v) is 3.81. The number of para-hydroxylation sites is 1. The molecule has 6 nitrogen and oxygen atoms in total. The number of benzene rings is 3. The third kappa shape index (κ3) is 4.65. The largest absolute Gasteiger partial charge is 0.493 e. The second kappa shape index (κ2) is 9.44. The van der Waals surface area contributed by atoms with Crippen LogP contribution in [0.25, 0.3) is 22.7 Å². The van der Waals surface area contributed by atoms with Crippen molar-refractivity contribution in [2.45, 2.75) is 6.42 Å². The lowest BCUT2D eigenvalue weighted by atomic mass is 10.0. The van der Waals surface area contributed by atoms with Crippen molar-refractivity contribution in [1.82, 2.24) is 4.57 Å². The Labute approximate surface area is 191 Å². The predicted molar refractivity (Wildman–Crippen MR) is 128 cm³/mol. The Hall–Kier alpha value is -4.32. The minimum absolute atomic E-state index is 0.0544. The van der Waals surface area contributed by atoms with E-state index >= 15 is 0 Å². The molecule has 0 aliphatic carbocycles. The average molecular weight is 441 g/mol. The van der Waals surface area contributed by atoms with E-state index in [1.165, 1.54) is 6.08 Å². The van der Waals surface area contributed by atoms with Crippen molar-refractivity contribution in [3.63, 3.8) is 0 Å². The van der Waals surface area contributed by atoms with Gasteiger partial charge in [0.25, 0.3) is 0 Å². The molecule has 0 atom stereocenters. The van der Waals surface area contributed by atoms with Crippen LogP contribution in [0, 0.1) is 0 Å². The Balaban J connectivity index is 1.78. The summed E-state index contributed by atoms with van der Waals surface area (Å²) in [5.41, 5.74) is 3.87. The highest BCUT2D eigenvalue weighted by Gasteiger charge is 2.18. The standard InChI is InChI=1S/C27H23NO5/c1-32-25-12-9-19(16-26(25)33-2)15-24(29)22-17-28(20-6-4-3-5-7-20)23-11-8-18(14-21(22)23)10-13-27(30)31/h3-14,16-17H,15H2,1-2H3,(H,30,31)/b13-10+. The summed E-state index contributed by atoms with van der Waals surface area (Å²) in [6, 6.07) is 20.8. The lowest BCUT2D eigenvalue weighted by Gasteiger charge is -2.09. The van der Waals surface area contributed by atoms with Crippen molar-refractivity contribution in [2.75, 3.05) is 14.2 Å². The lowest BCUT2D eigenvalue weighted by molar-refractivity contribution is -0.131. The van der Waals surface area contributed by atoms with Crippen molar-refractivity contribution < 1.29 is 24.2 Å². The molecule has 3 aromatic carbocycles. The number of fused-ring (bicyclic) bond motifs is 1. The van der Waals surface area contributed by atoms with Crippen LogP contribution in [0.4, 0.5) is 0 Å². The van der Waals surface area contributed by atoms with Crippen molar-refractivity contribution in [2.24, 2.45) is 0 Å². The first-order chi connectivity index (χ1) is 16.0. The lowest BCUT2D eigenvalue weighted by Crippen LogP contribution is -2.04. The van der Waals surface area contributed by atoms with Gasteiger partial charge in [0.1, 0.15) is 0 Å². The molecule has 0 amide bonds. The molecule has 0 saturated heterocycles. The number of ether oxygens (including phenoxy) is 2. The van der Waals surface area contributed by atoms with Gasteiger partial charge in [0.15, 0.2) is 17.3 Å². The topological polar surface area (TPSA) is 77.8 Å². The molecule has 0 saturated carbocycles. The Bertz CT molecular complexity index is 1350. The van der Waals surface area contributed by atoms with Crippen LogP contribution in [0.15, 0.2) is 79.0 Å². The number of methoxy groups -OCH3 is 2. The van der Waals surface area contributed by atoms with Gasteiger partial charge >= 0.3 is 5.97 Å². The number of carboxylic acid groups (broad SMARTS) is 1. The van der Waals surface area contributed by atoms with Crippen LogP contribution in [-0.4, -0.2) is 35.6 Å². The molecule has 1 aromatic heterocycles. The third-order valence-corrected chi connectivity index (χ3v) is 5.39. The average Bonchev–Trinajstić information content (AvgIpc) is 3.22. The first-order valence-electron chi connectivity index (χ1n) is 10.4. The first kappa shape index (κ1) is 21.9. The van der Waals surface area contributed by atoms with Crippen LogP contribution < -0.4 is 9.47 Å². The summed E-state index contributed by atoms with van der Waals surface area (Å²) in [5.74, 6) is 0.0859. The molecule has 6 heteroatoms. The highest BCUT2D eigenvalue weighted by Crippen LogP contribution is 2.30. The van der Waals surface area contributed by atoms with Crippen LogP contribution in [0.3, 0.4) is 0 Å². The molecule has 0 spiro atoms. The van der Waals surface area contributed by atoms with E-state index in [1.807, 2.05) is 65.4 Å². The van der Waals surface area contributed by atoms with E-state index in [9.17, 15) is 9.59 Å². The molecule has 0 bridgehead atoms. The second-order valence-corrected chi connectivity index (χ2v) is 7.49. The van der Waals surface area contributed by atoms with Gasteiger partial charge in [-0.05, 0) is 53.6 Å². The molecule has 0 radical (unpaired) electrons. The monoisotopic (exact) mass is 441 g/mol. The quantitative estimate of drug-likeness (QED) is 0.301. The zero-order valence-corrected chi connectivity index (χ0v) is 18.3. The molecule has 0 aliphatic heterocycles. The number of aliphatic carboxylic acids is 1. The van der Waals surface area contributed by atoms with Gasteiger partial charge in [-0.25, -0.2) is 4.79 Å². The number of hydrogen-bond donors (Lipinski definition) is 1. The van der Waals surface area contributed by atoms with E-state index in [1.54, 1.807) is 26.4 Å². The van der Waals surface area contributed by atoms with Gasteiger partial charge in [-0.1, -0.05) is 30.3 Å². The Kier molecular flexibility index (Phi) is 6.26. The maximum Gasteiger partial charge on any atom is 0.328 e. The number of aromatic nitrogens is 1. The summed E-state index contributed by atoms with van der Waals surface area (Å²) < 4.78 is 12.6. The fourth-order valence-electron chi connectivity index (χ4n) is 3.81. The molecule has 33 heavy (non-hydrogen) atoms. The van der Waals surface area contributed by atoms with Gasteiger partial charge in [-0.2, -0.15) is 0 Å². The van der Waals surface area contributed by atoms with Gasteiger partial charge in [0.2, 0.25) is 0 Å². The highest BCUT2D eigenvalue weighted by molar-refractivity contribution is 6.09. The Morgan fingerprint density at radius 3 is 2.39 bits per heavy atom. The van der Waals surface area contributed by atoms with Gasteiger partial charge in [0, 0.05) is 35.3 Å². The molecule has 1 heterocycles. The number of rotatable bonds is 8. The summed E-state index contributed by atoms with van der Waals surface area (Å²) >= 11 is 0. The van der Waals surface area contributed by atoms with E-state index in [2.05, 4.69) is 0 Å². The van der Waals surface area contributed by atoms with E-state index in [-0.39, 0.29) is 12.2 Å². The van der Waals surface area contributed by atoms with Gasteiger partial charge in [-0.3, -0.25) is 4.79 Å². The fraction of sp³-hybridized carbons (Fsp3) is 0.111. The maximum atomic E-state index is 13.4. The van der Waals surface area contributed by atoms with Crippen LogP contribution in [-0.2, 0) is 11.2 Å². The van der Waals surface area contributed by atoms with Gasteiger partial charge < -0.3 is 19.1 Å². The summed E-state index contributed by atoms with van der Waals surface area (Å²) in [5, 5.41) is 9.72. The molecule has 166 valence electrons. The Morgan fingerprint density at radius 1 is 0.939 bits per heavy atom. The minimum Gasteiger partial charge on any atom is -0.493 e. The van der Waals surface area contributed by atoms with Gasteiger partial charge in [0.05, 0.1) is 19.7 Å². The van der Waals surface area contributed by atoms with Crippen molar-refractivity contribution in [1.29, 1.82) is 0 Å². The summed E-state index contributed by atoms with van der Waals surface area (Å²) in [7, 11) is 3.13. The molecular formula is C27H23NO5. The summed E-state index contributed by atoms with van der Waals surface area (Å²) in [6.07, 6.45) is 4.63. The van der Waals surface area contributed by atoms with E-state index in [0.717, 1.165) is 28.2 Å². The third-order valence-electron chi connectivity index (χ3n) is 5.39. The molecular weight excluding hydrogens is 418 g/mol. The number of carbonyl (C=O) groups is 2. The minimum atomic E-state index is -1.03. The molecule has 0 fully saturated rings. The highest BCUT2D eigenvalue weighted by atomic mass is 16.5. The number of carbonyl (C=O) groups excluding carboxylic acids is 1. The first-order valence-corrected chi connectivity index (χ1v) is 10.4. The number of nitrogens with zero attached hydrogens (tertiary/aromatic N) is 1. The molecule has 0 aliphatic rings. The molecule has 4 aromatic rings. The number of Topliss-reactive ketones (excluding diaryl/α,β-unsaturated/α-hetero) is 1. The number of ketones is 1. The van der Waals surface area contributed by atoms with Crippen LogP contribution in [0.1, 0.15) is 21.5 Å². The van der Waals surface area contributed by atoms with Crippen molar-refractivity contribution in [3.8, 4) is 17.2 Å². The van der Waals surface area contributed by atoms with Crippen LogP contribution >= 0.6 is 0 Å². The van der Waals surface area contributed by atoms with Crippen molar-refractivity contribution in [3.05, 3.63) is 95.7 Å². The van der Waals surface area contributed by atoms with E-state index < -0.39 is 5.97 Å². The Morgan fingerprint density at radius 2 is 1.70 bits per heavy atom. The number of hydrogen-bond acceptors (Lipinski definition) is 4. The smallest absolute Gasteiger partial charge is 0.328 e. The van der Waals surface area contributed by atoms with Gasteiger partial charge in [-0.15, -0.1) is 0 Å². The molecule has 0 unspecified atom stereocenters. The van der Waals surface area contributed by atoms with Crippen LogP contribution in [0.5, 0.6) is 11.5 Å². The normalized spacial score (nSPS) is 11.1. The second-order valence-electron chi connectivity index (χ2n) is 7.49. The van der Waals surface area contributed by atoms with E-state index in [0.29, 0.717) is 22.6 Å². The summed E-state index contributed by atoms with van der Waals surface area (Å²) in [4.78, 5) is 24.3. The zero-order chi connectivity index (χ0) is 23.4. The van der Waals surface area contributed by atoms with Crippen LogP contribution in [0.2, 0.25) is 0 Å². The maximum absolute atomic E-state index is 13.4. The molecule has 1 N–H and O–H groups in total.